The predicted molar refractivity (Wildman–Crippen MR) is 59.4 cm³/mol. The van der Waals surface area contributed by atoms with Gasteiger partial charge in [-0.3, -0.25) is 4.68 Å². The zero-order chi connectivity index (χ0) is 10.2. The zero-order valence-electron chi connectivity index (χ0n) is 9.29. The average molecular weight is 195 g/mol. The number of aromatic nitrogens is 2. The van der Waals surface area contributed by atoms with Crippen LogP contribution in [0, 0.1) is 6.92 Å². The fourth-order valence-corrected chi connectivity index (χ4v) is 1.45. The van der Waals surface area contributed by atoms with Crippen LogP contribution in [0.15, 0.2) is 12.3 Å². The number of aryl methyl sites for hydroxylation is 2. The van der Waals surface area contributed by atoms with Gasteiger partial charge in [0.05, 0.1) is 0 Å². The second-order valence-electron chi connectivity index (χ2n) is 3.65. The number of hydrogen-bond donors (Lipinski definition) is 1. The van der Waals surface area contributed by atoms with Crippen molar-refractivity contribution in [3.8, 4) is 0 Å². The van der Waals surface area contributed by atoms with Crippen molar-refractivity contribution < 1.29 is 0 Å². The third-order valence-electron chi connectivity index (χ3n) is 2.33. The zero-order valence-corrected chi connectivity index (χ0v) is 9.29. The summed E-state index contributed by atoms with van der Waals surface area (Å²) in [6, 6.07) is 2.05. The Morgan fingerprint density at radius 3 is 2.86 bits per heavy atom. The van der Waals surface area contributed by atoms with Gasteiger partial charge >= 0.3 is 0 Å². The Morgan fingerprint density at radius 2 is 2.21 bits per heavy atom. The van der Waals surface area contributed by atoms with E-state index in [1.807, 2.05) is 6.20 Å². The van der Waals surface area contributed by atoms with E-state index in [1.165, 1.54) is 25.0 Å². The molecule has 14 heavy (non-hydrogen) atoms. The monoisotopic (exact) mass is 195 g/mol. The van der Waals surface area contributed by atoms with E-state index < -0.39 is 0 Å². The van der Waals surface area contributed by atoms with Crippen LogP contribution < -0.4 is 5.32 Å². The van der Waals surface area contributed by atoms with E-state index in [-0.39, 0.29) is 0 Å². The largest absolute Gasteiger partial charge is 0.317 e. The van der Waals surface area contributed by atoms with Crippen molar-refractivity contribution in [2.75, 3.05) is 13.1 Å². The smallest absolute Gasteiger partial charge is 0.0492 e. The first-order valence-electron chi connectivity index (χ1n) is 5.53. The van der Waals surface area contributed by atoms with Crippen LogP contribution in [-0.2, 0) is 6.54 Å². The molecule has 0 atom stereocenters. The number of unbranched alkanes of at least 4 members (excludes halogenated alkanes) is 1. The highest BCUT2D eigenvalue weighted by Crippen LogP contribution is 1.99. The molecule has 0 aliphatic heterocycles. The minimum atomic E-state index is 1.05. The first kappa shape index (κ1) is 11.2. The van der Waals surface area contributed by atoms with Gasteiger partial charge in [-0.1, -0.05) is 6.92 Å². The van der Waals surface area contributed by atoms with E-state index >= 15 is 0 Å². The molecule has 0 radical (unpaired) electrons. The van der Waals surface area contributed by atoms with Crippen LogP contribution in [-0.4, -0.2) is 22.9 Å². The van der Waals surface area contributed by atoms with Gasteiger partial charge in [-0.25, -0.2) is 0 Å². The molecule has 1 N–H and O–H groups in total. The number of nitrogens with zero attached hydrogens (tertiary/aromatic N) is 2. The lowest BCUT2D eigenvalue weighted by atomic mass is 10.3. The van der Waals surface area contributed by atoms with Crippen LogP contribution in [0.3, 0.4) is 0 Å². The van der Waals surface area contributed by atoms with E-state index in [2.05, 4.69) is 35.0 Å². The lowest BCUT2D eigenvalue weighted by molar-refractivity contribution is 0.526. The summed E-state index contributed by atoms with van der Waals surface area (Å²) >= 11 is 0. The fourth-order valence-electron chi connectivity index (χ4n) is 1.45. The molecule has 0 saturated carbocycles. The van der Waals surface area contributed by atoms with Gasteiger partial charge in [0.25, 0.3) is 0 Å². The third kappa shape index (κ3) is 3.92. The Morgan fingerprint density at radius 1 is 1.36 bits per heavy atom. The minimum Gasteiger partial charge on any atom is -0.317 e. The van der Waals surface area contributed by atoms with Crippen LogP contribution >= 0.6 is 0 Å². The van der Waals surface area contributed by atoms with Crippen LogP contribution in [0.5, 0.6) is 0 Å². The van der Waals surface area contributed by atoms with Gasteiger partial charge in [-0.15, -0.1) is 0 Å². The summed E-state index contributed by atoms with van der Waals surface area (Å²) in [5.41, 5.74) is 1.26. The molecule has 0 unspecified atom stereocenters. The molecular weight excluding hydrogens is 174 g/mol. The maximum atomic E-state index is 4.25. The Balaban J connectivity index is 2.02. The van der Waals surface area contributed by atoms with Gasteiger partial charge in [0.1, 0.15) is 0 Å². The molecular formula is C11H21N3. The third-order valence-corrected chi connectivity index (χ3v) is 2.33. The summed E-state index contributed by atoms with van der Waals surface area (Å²) in [7, 11) is 0. The molecule has 3 heteroatoms. The highest BCUT2D eigenvalue weighted by Gasteiger charge is 1.95. The quantitative estimate of drug-likeness (QED) is 0.674. The van der Waals surface area contributed by atoms with Crippen molar-refractivity contribution in [2.24, 2.45) is 0 Å². The molecule has 0 spiro atoms. The second-order valence-corrected chi connectivity index (χ2v) is 3.65. The number of rotatable bonds is 7. The van der Waals surface area contributed by atoms with Crippen molar-refractivity contribution in [2.45, 2.75) is 39.7 Å². The van der Waals surface area contributed by atoms with Gasteiger partial charge in [0.15, 0.2) is 0 Å². The van der Waals surface area contributed by atoms with Crippen LogP contribution in [0.4, 0.5) is 0 Å². The summed E-state index contributed by atoms with van der Waals surface area (Å²) < 4.78 is 2.07. The molecule has 1 rings (SSSR count). The normalized spacial score (nSPS) is 10.7. The first-order chi connectivity index (χ1) is 6.84. The van der Waals surface area contributed by atoms with Gasteiger partial charge in [0, 0.05) is 18.4 Å². The molecule has 0 aliphatic rings. The highest BCUT2D eigenvalue weighted by molar-refractivity contribution is 4.96. The van der Waals surface area contributed by atoms with Crippen LogP contribution in [0.1, 0.15) is 31.9 Å². The van der Waals surface area contributed by atoms with E-state index in [1.54, 1.807) is 0 Å². The van der Waals surface area contributed by atoms with Crippen molar-refractivity contribution in [3.63, 3.8) is 0 Å². The summed E-state index contributed by atoms with van der Waals surface area (Å²) in [4.78, 5) is 0. The molecule has 0 saturated heterocycles. The summed E-state index contributed by atoms with van der Waals surface area (Å²) in [5.74, 6) is 0. The van der Waals surface area contributed by atoms with Crippen molar-refractivity contribution >= 4 is 0 Å². The molecule has 0 aromatic carbocycles. The SMILES string of the molecule is CCCNCCCCn1nccc1C. The lowest BCUT2D eigenvalue weighted by Gasteiger charge is -2.05. The molecule has 0 bridgehead atoms. The van der Waals surface area contributed by atoms with E-state index in [0.29, 0.717) is 0 Å². The molecule has 80 valence electrons. The minimum absolute atomic E-state index is 1.05. The Labute approximate surface area is 86.5 Å². The Kier molecular flexibility index (Phi) is 5.30. The van der Waals surface area contributed by atoms with E-state index in [9.17, 15) is 0 Å². The number of hydrogen-bond acceptors (Lipinski definition) is 2. The Hall–Kier alpha value is -0.830. The van der Waals surface area contributed by atoms with Crippen molar-refractivity contribution in [1.82, 2.24) is 15.1 Å². The Bertz CT molecular complexity index is 242. The average Bonchev–Trinajstić information content (AvgIpc) is 2.58. The predicted octanol–water partition coefficient (Wildman–Crippen LogP) is 1.97. The topological polar surface area (TPSA) is 29.9 Å². The molecule has 3 nitrogen and oxygen atoms in total. The lowest BCUT2D eigenvalue weighted by Crippen LogP contribution is -2.16. The highest BCUT2D eigenvalue weighted by atomic mass is 15.3. The molecule has 0 aliphatic carbocycles. The number of nitrogens with one attached hydrogen (secondary N) is 1. The summed E-state index contributed by atoms with van der Waals surface area (Å²) in [5, 5.41) is 7.65. The van der Waals surface area contributed by atoms with E-state index in [4.69, 9.17) is 0 Å². The van der Waals surface area contributed by atoms with E-state index in [0.717, 1.165) is 19.6 Å². The van der Waals surface area contributed by atoms with Crippen molar-refractivity contribution in [3.05, 3.63) is 18.0 Å². The summed E-state index contributed by atoms with van der Waals surface area (Å²) in [6.07, 6.45) is 5.53. The van der Waals surface area contributed by atoms with Gasteiger partial charge in [-0.05, 0) is 45.3 Å². The molecule has 0 fully saturated rings. The van der Waals surface area contributed by atoms with Gasteiger partial charge < -0.3 is 5.32 Å². The molecule has 1 aromatic heterocycles. The first-order valence-corrected chi connectivity index (χ1v) is 5.53. The van der Waals surface area contributed by atoms with Gasteiger partial charge in [-0.2, -0.15) is 5.10 Å². The van der Waals surface area contributed by atoms with Crippen LogP contribution in [0.25, 0.3) is 0 Å². The summed E-state index contributed by atoms with van der Waals surface area (Å²) in [6.45, 7) is 7.62. The standard InChI is InChI=1S/C11H21N3/c1-3-7-12-8-4-5-10-14-11(2)6-9-13-14/h6,9,12H,3-5,7-8,10H2,1-2H3. The fraction of sp³-hybridized carbons (Fsp3) is 0.727. The molecule has 0 amide bonds. The maximum absolute atomic E-state index is 4.25. The maximum Gasteiger partial charge on any atom is 0.0492 e. The molecule has 1 heterocycles. The second kappa shape index (κ2) is 6.60. The van der Waals surface area contributed by atoms with Crippen molar-refractivity contribution in [1.29, 1.82) is 0 Å². The van der Waals surface area contributed by atoms with Crippen LogP contribution in [0.2, 0.25) is 0 Å². The molecule has 1 aromatic rings. The van der Waals surface area contributed by atoms with Gasteiger partial charge in [0.2, 0.25) is 0 Å².